The van der Waals surface area contributed by atoms with E-state index in [2.05, 4.69) is 37.4 Å². The number of aromatic nitrogens is 4. The molecular formula is C27H29BrN6O2. The van der Waals surface area contributed by atoms with Crippen molar-refractivity contribution in [2.45, 2.75) is 45.6 Å². The van der Waals surface area contributed by atoms with Crippen LogP contribution in [-0.2, 0) is 16.1 Å². The van der Waals surface area contributed by atoms with Gasteiger partial charge in [0.1, 0.15) is 5.82 Å². The minimum Gasteiger partial charge on any atom is -0.366 e. The number of nitrogens with one attached hydrogen (secondary N) is 1. The molecule has 1 aliphatic carbocycles. The smallest absolute Gasteiger partial charge is 0.290 e. The van der Waals surface area contributed by atoms with Crippen LogP contribution in [0.5, 0.6) is 0 Å². The van der Waals surface area contributed by atoms with Gasteiger partial charge in [-0.25, -0.2) is 4.98 Å². The van der Waals surface area contributed by atoms with Crippen LogP contribution in [0.4, 0.5) is 5.82 Å². The van der Waals surface area contributed by atoms with Crippen LogP contribution in [0.2, 0.25) is 0 Å². The Morgan fingerprint density at radius 2 is 2.00 bits per heavy atom. The average Bonchev–Trinajstić information content (AvgIpc) is 3.27. The fraction of sp³-hybridized carbons (Fsp3) is 0.370. The molecule has 8 nitrogen and oxygen atoms in total. The highest BCUT2D eigenvalue weighted by molar-refractivity contribution is 9.10. The van der Waals surface area contributed by atoms with Crippen LogP contribution in [0.25, 0.3) is 5.65 Å². The zero-order chi connectivity index (χ0) is 25.2. The first-order valence-corrected chi connectivity index (χ1v) is 13.0. The van der Waals surface area contributed by atoms with Crippen molar-refractivity contribution in [3.05, 3.63) is 75.8 Å². The molecule has 1 fully saturated rings. The van der Waals surface area contributed by atoms with Gasteiger partial charge in [-0.2, -0.15) is 9.61 Å². The number of likely N-dealkylation sites (tertiary alicyclic amines) is 1. The molecule has 0 saturated carbocycles. The first-order chi connectivity index (χ1) is 17.4. The summed E-state index contributed by atoms with van der Waals surface area (Å²) >= 11 is 3.56. The minimum absolute atomic E-state index is 0.192. The van der Waals surface area contributed by atoms with E-state index in [0.29, 0.717) is 26.1 Å². The Kier molecular flexibility index (Phi) is 7.00. The summed E-state index contributed by atoms with van der Waals surface area (Å²) in [6.45, 7) is 5.69. The molecule has 1 aliphatic heterocycles. The quantitative estimate of drug-likeness (QED) is 0.449. The van der Waals surface area contributed by atoms with Gasteiger partial charge in [0.2, 0.25) is 5.78 Å². The van der Waals surface area contributed by atoms with Crippen LogP contribution in [0.1, 0.15) is 50.3 Å². The molecule has 0 radical (unpaired) electrons. The third kappa shape index (κ3) is 5.11. The zero-order valence-corrected chi connectivity index (χ0v) is 22.0. The van der Waals surface area contributed by atoms with Crippen molar-refractivity contribution in [1.29, 1.82) is 0 Å². The van der Waals surface area contributed by atoms with Crippen molar-refractivity contribution in [3.63, 3.8) is 0 Å². The van der Waals surface area contributed by atoms with Gasteiger partial charge in [-0.3, -0.25) is 14.6 Å². The zero-order valence-electron chi connectivity index (χ0n) is 20.4. The van der Waals surface area contributed by atoms with Gasteiger partial charge in [-0.05, 0) is 60.7 Å². The van der Waals surface area contributed by atoms with E-state index in [-0.39, 0.29) is 23.5 Å². The number of ketones is 1. The molecular weight excluding hydrogens is 520 g/mol. The molecule has 1 unspecified atom stereocenters. The van der Waals surface area contributed by atoms with Crippen molar-refractivity contribution in [2.24, 2.45) is 5.92 Å². The molecule has 1 N–H and O–H groups in total. The molecule has 36 heavy (non-hydrogen) atoms. The number of pyridine rings is 1. The lowest BCUT2D eigenvalue weighted by atomic mass is 9.87. The monoisotopic (exact) mass is 548 g/mol. The standard InChI is InChI=1S/C27H29BrN6O2/c1-17-10-18(2)12-21(11-17)25(35)27(36)33-8-5-20(6-9-33)23-13-24(30-15-19-4-3-7-29-14-19)34-26(32-23)22(28)16-31-34/h3-4,7,10-11,13-14,16,20-21,30H,5-6,8-9,12,15H2,1-2H3. The van der Waals surface area contributed by atoms with Crippen LogP contribution >= 0.6 is 15.9 Å². The molecule has 0 aromatic carbocycles. The SMILES string of the molecule is CC1=CC(C(=O)C(=O)N2CCC(c3cc(NCc4cccnc4)n4ncc(Br)c4n3)CC2)CC(C)=C1. The lowest BCUT2D eigenvalue weighted by molar-refractivity contribution is -0.146. The van der Waals surface area contributed by atoms with Crippen molar-refractivity contribution in [1.82, 2.24) is 24.5 Å². The molecule has 1 atom stereocenters. The number of Topliss-reactive ketones (excluding diaryl/α,β-unsaturated/α-hetero) is 1. The van der Waals surface area contributed by atoms with E-state index in [0.717, 1.165) is 51.2 Å². The molecule has 3 aromatic rings. The van der Waals surface area contributed by atoms with Crippen molar-refractivity contribution in [2.75, 3.05) is 18.4 Å². The Hall–Kier alpha value is -3.33. The molecule has 186 valence electrons. The van der Waals surface area contributed by atoms with Crippen LogP contribution in [0.3, 0.4) is 0 Å². The number of carbonyl (C=O) groups excluding carboxylic acids is 2. The molecule has 1 amide bonds. The number of carbonyl (C=O) groups is 2. The predicted octanol–water partition coefficient (Wildman–Crippen LogP) is 4.69. The number of piperidine rings is 1. The van der Waals surface area contributed by atoms with E-state index >= 15 is 0 Å². The maximum Gasteiger partial charge on any atom is 0.290 e. The minimum atomic E-state index is -0.363. The van der Waals surface area contributed by atoms with Crippen LogP contribution in [-0.4, -0.2) is 49.3 Å². The molecule has 0 spiro atoms. The third-order valence-corrected chi connectivity index (χ3v) is 7.43. The van der Waals surface area contributed by atoms with E-state index in [1.807, 2.05) is 44.3 Å². The highest BCUT2D eigenvalue weighted by atomic mass is 79.9. The lowest BCUT2D eigenvalue weighted by Gasteiger charge is -2.32. The second-order valence-corrected chi connectivity index (χ2v) is 10.5. The highest BCUT2D eigenvalue weighted by Crippen LogP contribution is 2.31. The summed E-state index contributed by atoms with van der Waals surface area (Å²) in [4.78, 5) is 36.7. The molecule has 9 heteroatoms. The molecule has 3 aromatic heterocycles. The maximum absolute atomic E-state index is 13.0. The number of hydrogen-bond donors (Lipinski definition) is 1. The molecule has 2 aliphatic rings. The molecule has 1 saturated heterocycles. The lowest BCUT2D eigenvalue weighted by Crippen LogP contribution is -2.43. The van der Waals surface area contributed by atoms with Crippen molar-refractivity contribution < 1.29 is 9.59 Å². The summed E-state index contributed by atoms with van der Waals surface area (Å²) in [6, 6.07) is 5.98. The van der Waals surface area contributed by atoms with Crippen LogP contribution < -0.4 is 5.32 Å². The van der Waals surface area contributed by atoms with E-state index in [1.165, 1.54) is 0 Å². The number of amides is 1. The predicted molar refractivity (Wildman–Crippen MR) is 141 cm³/mol. The number of allylic oxidation sites excluding steroid dienone is 4. The molecule has 4 heterocycles. The Morgan fingerprint density at radius 1 is 1.19 bits per heavy atom. The molecule has 0 bridgehead atoms. The first-order valence-electron chi connectivity index (χ1n) is 12.2. The summed E-state index contributed by atoms with van der Waals surface area (Å²) in [5.41, 5.74) is 4.96. The first kappa shape index (κ1) is 24.4. The van der Waals surface area contributed by atoms with Crippen LogP contribution in [0, 0.1) is 5.92 Å². The van der Waals surface area contributed by atoms with E-state index in [4.69, 9.17) is 4.98 Å². The largest absolute Gasteiger partial charge is 0.366 e. The third-order valence-electron chi connectivity index (χ3n) is 6.87. The number of nitrogens with zero attached hydrogens (tertiary/aromatic N) is 5. The number of rotatable bonds is 6. The second kappa shape index (κ2) is 10.3. The van der Waals surface area contributed by atoms with Gasteiger partial charge in [0, 0.05) is 55.6 Å². The van der Waals surface area contributed by atoms with E-state index < -0.39 is 0 Å². The number of hydrogen-bond acceptors (Lipinski definition) is 6. The normalized spacial score (nSPS) is 18.6. The number of halogens is 1. The summed E-state index contributed by atoms with van der Waals surface area (Å²) in [5, 5.41) is 7.92. The van der Waals surface area contributed by atoms with Gasteiger partial charge in [0.05, 0.1) is 10.7 Å². The Labute approximate surface area is 218 Å². The van der Waals surface area contributed by atoms with Gasteiger partial charge < -0.3 is 10.2 Å². The van der Waals surface area contributed by atoms with Gasteiger partial charge in [-0.1, -0.05) is 29.4 Å². The highest BCUT2D eigenvalue weighted by Gasteiger charge is 2.32. The van der Waals surface area contributed by atoms with Crippen molar-refractivity contribution >= 4 is 39.1 Å². The van der Waals surface area contributed by atoms with Gasteiger partial charge in [0.25, 0.3) is 5.91 Å². The van der Waals surface area contributed by atoms with Gasteiger partial charge in [0.15, 0.2) is 5.65 Å². The Morgan fingerprint density at radius 3 is 2.72 bits per heavy atom. The fourth-order valence-corrected chi connectivity index (χ4v) is 5.41. The second-order valence-electron chi connectivity index (χ2n) is 9.65. The Balaban J connectivity index is 1.28. The van der Waals surface area contributed by atoms with Crippen molar-refractivity contribution in [3.8, 4) is 0 Å². The average molecular weight is 549 g/mol. The summed E-state index contributed by atoms with van der Waals surface area (Å²) < 4.78 is 2.62. The van der Waals surface area contributed by atoms with Crippen LogP contribution in [0.15, 0.2) is 64.6 Å². The Bertz CT molecular complexity index is 1360. The summed E-state index contributed by atoms with van der Waals surface area (Å²) in [6.07, 6.45) is 11.5. The maximum atomic E-state index is 13.0. The molecule has 5 rings (SSSR count). The van der Waals surface area contributed by atoms with Gasteiger partial charge in [-0.15, -0.1) is 0 Å². The summed E-state index contributed by atoms with van der Waals surface area (Å²) in [7, 11) is 0. The topological polar surface area (TPSA) is 92.5 Å². The van der Waals surface area contributed by atoms with E-state index in [9.17, 15) is 9.59 Å². The van der Waals surface area contributed by atoms with E-state index in [1.54, 1.807) is 21.8 Å². The number of fused-ring (bicyclic) bond motifs is 1. The summed E-state index contributed by atoms with van der Waals surface area (Å²) in [5.74, 6) is 0.0258. The van der Waals surface area contributed by atoms with Gasteiger partial charge >= 0.3 is 0 Å². The number of anilines is 1. The fourth-order valence-electron chi connectivity index (χ4n) is 5.07.